The fourth-order valence-electron chi connectivity index (χ4n) is 5.08. The highest BCUT2D eigenvalue weighted by molar-refractivity contribution is 5.80. The molecule has 2 aliphatic rings. The van der Waals surface area contributed by atoms with Gasteiger partial charge in [0, 0.05) is 24.6 Å². The second kappa shape index (κ2) is 9.12. The largest absolute Gasteiger partial charge is 0.434 e. The Bertz CT molecular complexity index is 1150. The summed E-state index contributed by atoms with van der Waals surface area (Å²) in [6, 6.07) is 13.3. The fourth-order valence-corrected chi connectivity index (χ4v) is 5.08. The lowest BCUT2D eigenvalue weighted by Crippen LogP contribution is -2.43. The summed E-state index contributed by atoms with van der Waals surface area (Å²) in [5.74, 6) is 2.02. The zero-order chi connectivity index (χ0) is 22.9. The lowest BCUT2D eigenvalue weighted by atomic mass is 9.83. The van der Waals surface area contributed by atoms with E-state index in [9.17, 15) is 13.6 Å². The number of ether oxygens (including phenoxy) is 1. The molecule has 2 heterocycles. The van der Waals surface area contributed by atoms with E-state index in [1.54, 1.807) is 12.1 Å². The number of carbonyl (C=O) groups excluding carboxylic acids is 1. The highest BCUT2D eigenvalue weighted by Crippen LogP contribution is 2.34. The summed E-state index contributed by atoms with van der Waals surface area (Å²) in [6.45, 7) is 1.10. The van der Waals surface area contributed by atoms with Crippen LogP contribution in [-0.4, -0.2) is 40.1 Å². The summed E-state index contributed by atoms with van der Waals surface area (Å²) in [6.07, 6.45) is 5.19. The molecule has 1 amide bonds. The predicted octanol–water partition coefficient (Wildman–Crippen LogP) is 5.50. The molecule has 0 N–H and O–H groups in total. The van der Waals surface area contributed by atoms with Gasteiger partial charge in [0.05, 0.1) is 17.6 Å². The number of para-hydroxylation sites is 1. The SMILES string of the molecule is Cc1nc2ccc(C3CCN(C(=O)C4CCC4)CC3)cc2n1Cc1ccccc1OC(F)F. The van der Waals surface area contributed by atoms with Crippen LogP contribution in [0.4, 0.5) is 8.78 Å². The van der Waals surface area contributed by atoms with E-state index in [0.717, 1.165) is 55.6 Å². The Morgan fingerprint density at radius 1 is 1.12 bits per heavy atom. The number of nitrogens with zero attached hydrogens (tertiary/aromatic N) is 3. The number of imidazole rings is 1. The van der Waals surface area contributed by atoms with Crippen LogP contribution in [-0.2, 0) is 11.3 Å². The molecule has 1 saturated carbocycles. The van der Waals surface area contributed by atoms with E-state index in [0.29, 0.717) is 23.9 Å². The Hall–Kier alpha value is -2.96. The van der Waals surface area contributed by atoms with Gasteiger partial charge in [-0.05, 0) is 62.3 Å². The van der Waals surface area contributed by atoms with Crippen molar-refractivity contribution in [3.05, 3.63) is 59.4 Å². The van der Waals surface area contributed by atoms with Gasteiger partial charge in [-0.2, -0.15) is 8.78 Å². The maximum absolute atomic E-state index is 12.8. The number of hydrogen-bond donors (Lipinski definition) is 0. The average Bonchev–Trinajstić information content (AvgIpc) is 3.08. The first-order valence-electron chi connectivity index (χ1n) is 11.8. The number of rotatable bonds is 6. The number of aryl methyl sites for hydroxylation is 1. The maximum atomic E-state index is 12.8. The number of carbonyl (C=O) groups is 1. The zero-order valence-electron chi connectivity index (χ0n) is 18.8. The van der Waals surface area contributed by atoms with Gasteiger partial charge < -0.3 is 14.2 Å². The summed E-state index contributed by atoms with van der Waals surface area (Å²) in [5.41, 5.74) is 3.82. The molecule has 33 heavy (non-hydrogen) atoms. The van der Waals surface area contributed by atoms with Crippen LogP contribution in [0.1, 0.15) is 55.0 Å². The standard InChI is InChI=1S/C26H29F2N3O2/c1-17-29-22-10-9-20(18-11-13-30(14-12-18)25(32)19-6-4-7-19)15-23(22)31(17)16-21-5-2-3-8-24(21)33-26(27)28/h2-3,5,8-10,15,18-19,26H,4,6-7,11-14,16H2,1H3. The third-order valence-corrected chi connectivity index (χ3v) is 7.21. The highest BCUT2D eigenvalue weighted by Gasteiger charge is 2.32. The monoisotopic (exact) mass is 453 g/mol. The molecule has 0 unspecified atom stereocenters. The van der Waals surface area contributed by atoms with E-state index in [4.69, 9.17) is 4.74 Å². The van der Waals surface area contributed by atoms with Crippen LogP contribution in [0.25, 0.3) is 11.0 Å². The Labute approximate surface area is 192 Å². The first-order valence-corrected chi connectivity index (χ1v) is 11.8. The molecular weight excluding hydrogens is 424 g/mol. The lowest BCUT2D eigenvalue weighted by molar-refractivity contribution is -0.139. The summed E-state index contributed by atoms with van der Waals surface area (Å²) in [5, 5.41) is 0. The van der Waals surface area contributed by atoms with E-state index in [1.807, 2.05) is 30.0 Å². The summed E-state index contributed by atoms with van der Waals surface area (Å²) in [7, 11) is 0. The number of likely N-dealkylation sites (tertiary alicyclic amines) is 1. The molecule has 1 aliphatic heterocycles. The molecule has 2 fully saturated rings. The van der Waals surface area contributed by atoms with Crippen LogP contribution >= 0.6 is 0 Å². The van der Waals surface area contributed by atoms with E-state index in [2.05, 4.69) is 21.7 Å². The first-order chi connectivity index (χ1) is 16.0. The molecule has 5 rings (SSSR count). The van der Waals surface area contributed by atoms with Crippen molar-refractivity contribution in [1.29, 1.82) is 0 Å². The predicted molar refractivity (Wildman–Crippen MR) is 123 cm³/mol. The van der Waals surface area contributed by atoms with Crippen molar-refractivity contribution in [3.63, 3.8) is 0 Å². The van der Waals surface area contributed by atoms with Crippen molar-refractivity contribution in [2.75, 3.05) is 13.1 Å². The average molecular weight is 454 g/mol. The molecule has 7 heteroatoms. The molecule has 2 aromatic carbocycles. The molecule has 5 nitrogen and oxygen atoms in total. The smallest absolute Gasteiger partial charge is 0.387 e. The molecule has 0 atom stereocenters. The second-order valence-electron chi connectivity index (χ2n) is 9.21. The zero-order valence-corrected chi connectivity index (χ0v) is 18.8. The van der Waals surface area contributed by atoms with Gasteiger partial charge in [-0.15, -0.1) is 0 Å². The minimum absolute atomic E-state index is 0.188. The first kappa shape index (κ1) is 21.9. The van der Waals surface area contributed by atoms with Crippen LogP contribution < -0.4 is 4.74 Å². The van der Waals surface area contributed by atoms with Crippen LogP contribution in [0.5, 0.6) is 5.75 Å². The van der Waals surface area contributed by atoms with Gasteiger partial charge >= 0.3 is 6.61 Å². The van der Waals surface area contributed by atoms with Crippen molar-refractivity contribution < 1.29 is 18.3 Å². The van der Waals surface area contributed by atoms with Crippen LogP contribution in [0.3, 0.4) is 0 Å². The third kappa shape index (κ3) is 4.45. The van der Waals surface area contributed by atoms with Crippen molar-refractivity contribution in [1.82, 2.24) is 14.5 Å². The second-order valence-corrected chi connectivity index (χ2v) is 9.21. The molecule has 1 saturated heterocycles. The van der Waals surface area contributed by atoms with Crippen molar-refractivity contribution in [3.8, 4) is 5.75 Å². The summed E-state index contributed by atoms with van der Waals surface area (Å²) in [4.78, 5) is 19.3. The number of alkyl halides is 2. The molecule has 0 bridgehead atoms. The number of halogens is 2. The molecule has 174 valence electrons. The normalized spacial score (nSPS) is 17.5. The lowest BCUT2D eigenvalue weighted by Gasteiger charge is -2.36. The van der Waals surface area contributed by atoms with Gasteiger partial charge in [0.25, 0.3) is 0 Å². The highest BCUT2D eigenvalue weighted by atomic mass is 19.3. The number of fused-ring (bicyclic) bond motifs is 1. The molecule has 0 radical (unpaired) electrons. The Balaban J connectivity index is 1.36. The fraction of sp³-hybridized carbons (Fsp3) is 0.462. The van der Waals surface area contributed by atoms with Crippen molar-refractivity contribution in [2.45, 2.75) is 58.1 Å². The Morgan fingerprint density at radius 2 is 1.88 bits per heavy atom. The van der Waals surface area contributed by atoms with Gasteiger partial charge in [-0.3, -0.25) is 4.79 Å². The van der Waals surface area contributed by atoms with Gasteiger partial charge in [-0.1, -0.05) is 30.7 Å². The quantitative estimate of drug-likeness (QED) is 0.495. The van der Waals surface area contributed by atoms with Crippen molar-refractivity contribution in [2.24, 2.45) is 5.92 Å². The molecule has 0 spiro atoms. The maximum Gasteiger partial charge on any atom is 0.387 e. The number of aromatic nitrogens is 2. The number of amides is 1. The number of benzene rings is 2. The topological polar surface area (TPSA) is 47.4 Å². The van der Waals surface area contributed by atoms with E-state index in [1.165, 1.54) is 12.0 Å². The molecule has 1 aliphatic carbocycles. The van der Waals surface area contributed by atoms with E-state index in [-0.39, 0.29) is 11.7 Å². The minimum atomic E-state index is -2.86. The summed E-state index contributed by atoms with van der Waals surface area (Å²) < 4.78 is 32.5. The third-order valence-electron chi connectivity index (χ3n) is 7.21. The number of piperidine rings is 1. The Morgan fingerprint density at radius 3 is 2.58 bits per heavy atom. The van der Waals surface area contributed by atoms with Gasteiger partial charge in [-0.25, -0.2) is 4.98 Å². The molecule has 1 aromatic heterocycles. The summed E-state index contributed by atoms with van der Waals surface area (Å²) >= 11 is 0. The minimum Gasteiger partial charge on any atom is -0.434 e. The van der Waals surface area contributed by atoms with E-state index < -0.39 is 6.61 Å². The van der Waals surface area contributed by atoms with Gasteiger partial charge in [0.2, 0.25) is 5.91 Å². The van der Waals surface area contributed by atoms with Crippen LogP contribution in [0.2, 0.25) is 0 Å². The Kier molecular flexibility index (Phi) is 6.04. The van der Waals surface area contributed by atoms with Crippen LogP contribution in [0.15, 0.2) is 42.5 Å². The van der Waals surface area contributed by atoms with Gasteiger partial charge in [0.1, 0.15) is 11.6 Å². The molecule has 3 aromatic rings. The number of hydrogen-bond acceptors (Lipinski definition) is 3. The molecular formula is C26H29F2N3O2. The van der Waals surface area contributed by atoms with Crippen LogP contribution in [0, 0.1) is 12.8 Å². The van der Waals surface area contributed by atoms with Gasteiger partial charge in [0.15, 0.2) is 0 Å². The van der Waals surface area contributed by atoms with Crippen molar-refractivity contribution >= 4 is 16.9 Å². The van der Waals surface area contributed by atoms with E-state index >= 15 is 0 Å².